The molecule has 3 heterocycles. The van der Waals surface area contributed by atoms with Gasteiger partial charge in [0.15, 0.2) is 5.13 Å². The topological polar surface area (TPSA) is 106 Å². The zero-order chi connectivity index (χ0) is 16.2. The molecule has 0 fully saturated rings. The van der Waals surface area contributed by atoms with Crippen molar-refractivity contribution < 1.29 is 9.53 Å². The number of pyridine rings is 1. The first-order valence-corrected chi connectivity index (χ1v) is 7.50. The average molecular weight is 328 g/mol. The number of carbonyl (C=O) groups is 1. The number of hydrogen-bond donors (Lipinski definition) is 1. The van der Waals surface area contributed by atoms with Crippen LogP contribution in [0.1, 0.15) is 16.1 Å². The minimum atomic E-state index is -0.291. The van der Waals surface area contributed by atoms with Gasteiger partial charge in [0.1, 0.15) is 17.3 Å². The highest BCUT2D eigenvalue weighted by atomic mass is 32.1. The summed E-state index contributed by atoms with van der Waals surface area (Å²) in [6.07, 6.45) is 4.66. The Hall–Kier alpha value is -2.83. The van der Waals surface area contributed by atoms with E-state index in [-0.39, 0.29) is 5.91 Å². The molecular formula is C14H12N6O2S. The molecule has 0 spiro atoms. The molecule has 8 nitrogen and oxygen atoms in total. The number of rotatable bonds is 5. The van der Waals surface area contributed by atoms with Crippen LogP contribution in [0.2, 0.25) is 0 Å². The first-order valence-electron chi connectivity index (χ1n) is 6.69. The first kappa shape index (κ1) is 15.1. The quantitative estimate of drug-likeness (QED) is 0.763. The van der Waals surface area contributed by atoms with Gasteiger partial charge in [0, 0.05) is 13.3 Å². The maximum Gasteiger partial charge on any atom is 0.260 e. The van der Waals surface area contributed by atoms with Crippen molar-refractivity contribution in [1.29, 1.82) is 5.26 Å². The molecule has 3 aromatic heterocycles. The molecule has 0 aliphatic carbocycles. The summed E-state index contributed by atoms with van der Waals surface area (Å²) in [6, 6.07) is 3.62. The number of amides is 1. The molecule has 3 rings (SSSR count). The Morgan fingerprint density at radius 3 is 3.17 bits per heavy atom. The number of hydrogen-bond acceptors (Lipinski definition) is 7. The summed E-state index contributed by atoms with van der Waals surface area (Å²) in [5, 5.41) is 16.1. The molecule has 0 atom stereocenters. The smallest absolute Gasteiger partial charge is 0.260 e. The number of thiazole rings is 1. The molecule has 0 saturated heterocycles. The van der Waals surface area contributed by atoms with E-state index in [1.54, 1.807) is 24.1 Å². The fourth-order valence-electron chi connectivity index (χ4n) is 1.90. The molecule has 0 saturated carbocycles. The predicted octanol–water partition coefficient (Wildman–Crippen LogP) is 1.66. The van der Waals surface area contributed by atoms with Crippen LogP contribution in [0.3, 0.4) is 0 Å². The molecule has 0 unspecified atom stereocenters. The lowest BCUT2D eigenvalue weighted by atomic mass is 10.3. The monoisotopic (exact) mass is 328 g/mol. The Labute approximate surface area is 135 Å². The molecule has 3 aromatic rings. The Morgan fingerprint density at radius 1 is 1.52 bits per heavy atom. The van der Waals surface area contributed by atoms with Crippen molar-refractivity contribution in [3.8, 4) is 6.07 Å². The molecule has 9 heteroatoms. The van der Waals surface area contributed by atoms with Crippen molar-refractivity contribution in [3.63, 3.8) is 0 Å². The number of anilines is 1. The summed E-state index contributed by atoms with van der Waals surface area (Å²) in [5.74, 6) is -0.291. The molecule has 0 aromatic carbocycles. The van der Waals surface area contributed by atoms with Crippen molar-refractivity contribution in [2.75, 3.05) is 19.0 Å². The van der Waals surface area contributed by atoms with E-state index in [0.717, 1.165) is 4.70 Å². The van der Waals surface area contributed by atoms with E-state index in [0.29, 0.717) is 35.1 Å². The highest BCUT2D eigenvalue weighted by Gasteiger charge is 2.12. The number of methoxy groups -OCH3 is 1. The second-order valence-corrected chi connectivity index (χ2v) is 5.64. The SMILES string of the molecule is COCCn1cc(C(=O)Nc2nc3cnc(C#N)cc3s2)cn1. The van der Waals surface area contributed by atoms with Gasteiger partial charge in [-0.3, -0.25) is 14.8 Å². The van der Waals surface area contributed by atoms with E-state index in [1.165, 1.54) is 23.7 Å². The number of carbonyl (C=O) groups excluding carboxylic acids is 1. The van der Waals surface area contributed by atoms with Crippen molar-refractivity contribution in [2.24, 2.45) is 0 Å². The van der Waals surface area contributed by atoms with Crippen LogP contribution >= 0.6 is 11.3 Å². The normalized spacial score (nSPS) is 10.6. The number of ether oxygens (including phenoxy) is 1. The Bertz CT molecular complexity index is 894. The van der Waals surface area contributed by atoms with Crippen LogP contribution in [-0.2, 0) is 11.3 Å². The largest absolute Gasteiger partial charge is 0.383 e. The van der Waals surface area contributed by atoms with Crippen molar-refractivity contribution in [2.45, 2.75) is 6.54 Å². The average Bonchev–Trinajstić information content (AvgIpc) is 3.18. The van der Waals surface area contributed by atoms with Gasteiger partial charge in [-0.05, 0) is 6.07 Å². The number of nitrogens with one attached hydrogen (secondary N) is 1. The van der Waals surface area contributed by atoms with Crippen molar-refractivity contribution in [1.82, 2.24) is 19.7 Å². The van der Waals surface area contributed by atoms with Crippen LogP contribution in [0.4, 0.5) is 5.13 Å². The predicted molar refractivity (Wildman–Crippen MR) is 84.2 cm³/mol. The van der Waals surface area contributed by atoms with Crippen LogP contribution in [0, 0.1) is 11.3 Å². The van der Waals surface area contributed by atoms with E-state index < -0.39 is 0 Å². The molecule has 1 amide bonds. The lowest BCUT2D eigenvalue weighted by Crippen LogP contribution is -2.11. The summed E-state index contributed by atoms with van der Waals surface area (Å²) in [7, 11) is 1.61. The van der Waals surface area contributed by atoms with Crippen LogP contribution < -0.4 is 5.32 Å². The van der Waals surface area contributed by atoms with Gasteiger partial charge in [-0.25, -0.2) is 9.97 Å². The number of nitriles is 1. The molecule has 23 heavy (non-hydrogen) atoms. The highest BCUT2D eigenvalue weighted by molar-refractivity contribution is 7.22. The molecule has 1 N–H and O–H groups in total. The summed E-state index contributed by atoms with van der Waals surface area (Å²) in [5.41, 5.74) is 1.40. The number of nitrogens with zero attached hydrogens (tertiary/aromatic N) is 5. The Balaban J connectivity index is 1.74. The van der Waals surface area contributed by atoms with Gasteiger partial charge in [-0.2, -0.15) is 10.4 Å². The van der Waals surface area contributed by atoms with Gasteiger partial charge in [0.2, 0.25) is 0 Å². The van der Waals surface area contributed by atoms with E-state index in [9.17, 15) is 4.79 Å². The van der Waals surface area contributed by atoms with Crippen molar-refractivity contribution in [3.05, 3.63) is 35.9 Å². The van der Waals surface area contributed by atoms with Crippen LogP contribution in [-0.4, -0.2) is 39.4 Å². The summed E-state index contributed by atoms with van der Waals surface area (Å²) in [6.45, 7) is 1.10. The molecule has 116 valence electrons. The van der Waals surface area contributed by atoms with Gasteiger partial charge in [-0.15, -0.1) is 0 Å². The third-order valence-electron chi connectivity index (χ3n) is 3.03. The van der Waals surface area contributed by atoms with E-state index in [1.807, 2.05) is 6.07 Å². The van der Waals surface area contributed by atoms with Gasteiger partial charge in [0.25, 0.3) is 5.91 Å². The van der Waals surface area contributed by atoms with Gasteiger partial charge in [-0.1, -0.05) is 11.3 Å². The maximum absolute atomic E-state index is 12.2. The standard InChI is InChI=1S/C14H12N6O2S/c1-22-3-2-20-8-9(6-17-20)13(21)19-14-18-11-7-16-10(5-15)4-12(11)23-14/h4,6-8H,2-3H2,1H3,(H,18,19,21). The molecule has 0 aliphatic heterocycles. The third kappa shape index (κ3) is 3.33. The van der Waals surface area contributed by atoms with E-state index in [4.69, 9.17) is 10.00 Å². The van der Waals surface area contributed by atoms with E-state index in [2.05, 4.69) is 20.4 Å². The zero-order valence-corrected chi connectivity index (χ0v) is 13.0. The van der Waals surface area contributed by atoms with Crippen molar-refractivity contribution >= 4 is 32.6 Å². The Morgan fingerprint density at radius 2 is 2.39 bits per heavy atom. The van der Waals surface area contributed by atoms with Crippen LogP contribution in [0.5, 0.6) is 0 Å². The van der Waals surface area contributed by atoms with E-state index >= 15 is 0 Å². The molecule has 0 aliphatic rings. The van der Waals surface area contributed by atoms with Gasteiger partial charge in [0.05, 0.1) is 35.8 Å². The molecular weight excluding hydrogens is 316 g/mol. The molecule has 0 bridgehead atoms. The Kier molecular flexibility index (Phi) is 4.27. The fourth-order valence-corrected chi connectivity index (χ4v) is 2.77. The van der Waals surface area contributed by atoms with Gasteiger partial charge < -0.3 is 4.74 Å². The molecule has 0 radical (unpaired) electrons. The third-order valence-corrected chi connectivity index (χ3v) is 3.96. The fraction of sp³-hybridized carbons (Fsp3) is 0.214. The second kappa shape index (κ2) is 6.51. The minimum absolute atomic E-state index is 0.291. The highest BCUT2D eigenvalue weighted by Crippen LogP contribution is 2.26. The van der Waals surface area contributed by atoms with Crippen LogP contribution in [0.15, 0.2) is 24.7 Å². The summed E-state index contributed by atoms with van der Waals surface area (Å²) < 4.78 is 7.40. The maximum atomic E-state index is 12.2. The second-order valence-electron chi connectivity index (χ2n) is 4.61. The van der Waals surface area contributed by atoms with Crippen LogP contribution in [0.25, 0.3) is 10.2 Å². The summed E-state index contributed by atoms with van der Waals surface area (Å²) >= 11 is 1.29. The minimum Gasteiger partial charge on any atom is -0.383 e. The first-order chi connectivity index (χ1) is 11.2. The lowest BCUT2D eigenvalue weighted by Gasteiger charge is -1.99. The summed E-state index contributed by atoms with van der Waals surface area (Å²) in [4.78, 5) is 20.4. The lowest BCUT2D eigenvalue weighted by molar-refractivity contribution is 0.102. The number of aromatic nitrogens is 4. The van der Waals surface area contributed by atoms with Gasteiger partial charge >= 0.3 is 0 Å². The zero-order valence-electron chi connectivity index (χ0n) is 12.2. The number of fused-ring (bicyclic) bond motifs is 1.